The number of nitrogens with one attached hydrogen (secondary N) is 1. The summed E-state index contributed by atoms with van der Waals surface area (Å²) in [6, 6.07) is 0.266. The first kappa shape index (κ1) is 13.9. The Morgan fingerprint density at radius 2 is 1.86 bits per heavy atom. The molecule has 14 heavy (non-hydrogen) atoms. The second-order valence-electron chi connectivity index (χ2n) is 3.84. The molecule has 0 saturated carbocycles. The van der Waals surface area contributed by atoms with Gasteiger partial charge in [0.05, 0.1) is 11.6 Å². The van der Waals surface area contributed by atoms with Crippen LogP contribution in [0.15, 0.2) is 0 Å². The summed E-state index contributed by atoms with van der Waals surface area (Å²) in [5, 5.41) is 0. The van der Waals surface area contributed by atoms with Gasteiger partial charge in [-0.2, -0.15) is 0 Å². The van der Waals surface area contributed by atoms with Gasteiger partial charge in [-0.25, -0.2) is 0 Å². The van der Waals surface area contributed by atoms with Gasteiger partial charge in [0.1, 0.15) is 0 Å². The van der Waals surface area contributed by atoms with Crippen molar-refractivity contribution in [2.24, 2.45) is 5.84 Å². The lowest BCUT2D eigenvalue weighted by molar-refractivity contribution is -0.0499. The van der Waals surface area contributed by atoms with E-state index in [1.165, 1.54) is 12.8 Å². The molecule has 3 N–H and O–H groups in total. The van der Waals surface area contributed by atoms with Crippen LogP contribution in [-0.2, 0) is 4.74 Å². The van der Waals surface area contributed by atoms with Crippen molar-refractivity contribution in [1.82, 2.24) is 5.43 Å². The normalized spacial score (nSPS) is 14.4. The average Bonchev–Trinajstić information content (AvgIpc) is 2.25. The van der Waals surface area contributed by atoms with Crippen LogP contribution in [0.25, 0.3) is 0 Å². The molecule has 1 atom stereocenters. The zero-order chi connectivity index (χ0) is 11.0. The summed E-state index contributed by atoms with van der Waals surface area (Å²) in [6.07, 6.45) is 5.48. The third-order valence-electron chi connectivity index (χ3n) is 3.29. The smallest absolute Gasteiger partial charge is 0.0839 e. The molecule has 1 unspecified atom stereocenters. The third kappa shape index (κ3) is 3.23. The topological polar surface area (TPSA) is 47.3 Å². The molecule has 0 aliphatic carbocycles. The Morgan fingerprint density at radius 3 is 2.14 bits per heavy atom. The van der Waals surface area contributed by atoms with E-state index in [9.17, 15) is 0 Å². The number of nitrogens with two attached hydrogens (primary N) is 1. The van der Waals surface area contributed by atoms with Crippen molar-refractivity contribution in [1.29, 1.82) is 0 Å². The van der Waals surface area contributed by atoms with Crippen LogP contribution in [0.1, 0.15) is 52.9 Å². The predicted molar refractivity (Wildman–Crippen MR) is 61.0 cm³/mol. The van der Waals surface area contributed by atoms with Crippen LogP contribution in [0.4, 0.5) is 0 Å². The molecule has 86 valence electrons. The van der Waals surface area contributed by atoms with Crippen LogP contribution in [0.2, 0.25) is 0 Å². The third-order valence-corrected chi connectivity index (χ3v) is 3.29. The summed E-state index contributed by atoms with van der Waals surface area (Å²) < 4.78 is 5.64. The lowest BCUT2D eigenvalue weighted by atomic mass is 9.85. The van der Waals surface area contributed by atoms with Crippen LogP contribution >= 0.6 is 0 Å². The molecule has 0 fully saturated rings. The number of hydrazine groups is 1. The molecule has 0 aliphatic rings. The van der Waals surface area contributed by atoms with E-state index < -0.39 is 0 Å². The van der Waals surface area contributed by atoms with Gasteiger partial charge in [0.15, 0.2) is 0 Å². The summed E-state index contributed by atoms with van der Waals surface area (Å²) in [5.41, 5.74) is 2.81. The van der Waals surface area contributed by atoms with E-state index in [-0.39, 0.29) is 11.6 Å². The Labute approximate surface area is 88.4 Å². The van der Waals surface area contributed by atoms with E-state index in [1.807, 2.05) is 0 Å². The molecule has 0 aromatic rings. The number of hydrogen-bond donors (Lipinski definition) is 2. The number of methoxy groups -OCH3 is 1. The summed E-state index contributed by atoms with van der Waals surface area (Å²) in [4.78, 5) is 0. The van der Waals surface area contributed by atoms with Crippen molar-refractivity contribution in [2.75, 3.05) is 7.11 Å². The Balaban J connectivity index is 4.40. The molecule has 0 aromatic heterocycles. The molecular formula is C11H26N2O. The summed E-state index contributed by atoms with van der Waals surface area (Å²) in [7, 11) is 1.78. The van der Waals surface area contributed by atoms with E-state index in [4.69, 9.17) is 10.6 Å². The molecule has 0 heterocycles. The fourth-order valence-electron chi connectivity index (χ4n) is 2.08. The highest BCUT2D eigenvalue weighted by atomic mass is 16.5. The molecule has 0 rings (SSSR count). The minimum atomic E-state index is -0.0933. The van der Waals surface area contributed by atoms with Gasteiger partial charge in [-0.1, -0.05) is 33.6 Å². The lowest BCUT2D eigenvalue weighted by Crippen LogP contribution is -2.53. The molecule has 0 amide bonds. The molecule has 0 spiro atoms. The zero-order valence-electron chi connectivity index (χ0n) is 10.1. The Bertz CT molecular complexity index is 127. The predicted octanol–water partition coefficient (Wildman–Crippen LogP) is 2.21. The van der Waals surface area contributed by atoms with Crippen LogP contribution in [0.3, 0.4) is 0 Å². The van der Waals surface area contributed by atoms with Gasteiger partial charge in [-0.3, -0.25) is 11.3 Å². The van der Waals surface area contributed by atoms with Crippen molar-refractivity contribution in [3.63, 3.8) is 0 Å². The molecule has 0 radical (unpaired) electrons. The first-order valence-electron chi connectivity index (χ1n) is 5.72. The van der Waals surface area contributed by atoms with Gasteiger partial charge in [0, 0.05) is 7.11 Å². The highest BCUT2D eigenvalue weighted by molar-refractivity contribution is 4.89. The summed E-state index contributed by atoms with van der Waals surface area (Å²) in [6.45, 7) is 6.51. The first-order chi connectivity index (χ1) is 6.70. The molecule has 3 heteroatoms. The minimum Gasteiger partial charge on any atom is -0.377 e. The Kier molecular flexibility index (Phi) is 7.15. The fraction of sp³-hybridized carbons (Fsp3) is 1.00. The molecule has 0 saturated heterocycles. The molecule has 0 aliphatic heterocycles. The standard InChI is InChI=1S/C11H26N2O/c1-5-8-9-10(13-12)11(6-2,7-3)14-4/h10,13H,5-9,12H2,1-4H3. The van der Waals surface area contributed by atoms with Crippen LogP contribution < -0.4 is 11.3 Å². The lowest BCUT2D eigenvalue weighted by Gasteiger charge is -2.38. The van der Waals surface area contributed by atoms with Crippen LogP contribution in [-0.4, -0.2) is 18.8 Å². The highest BCUT2D eigenvalue weighted by Crippen LogP contribution is 2.26. The van der Waals surface area contributed by atoms with Crippen molar-refractivity contribution in [3.05, 3.63) is 0 Å². The Hall–Kier alpha value is -0.120. The molecular weight excluding hydrogens is 176 g/mol. The van der Waals surface area contributed by atoms with E-state index >= 15 is 0 Å². The van der Waals surface area contributed by atoms with Crippen molar-refractivity contribution < 1.29 is 4.74 Å². The number of hydrogen-bond acceptors (Lipinski definition) is 3. The minimum absolute atomic E-state index is 0.0933. The zero-order valence-corrected chi connectivity index (χ0v) is 10.1. The van der Waals surface area contributed by atoms with Gasteiger partial charge < -0.3 is 4.74 Å². The summed E-state index contributed by atoms with van der Waals surface area (Å²) >= 11 is 0. The molecule has 0 aromatic carbocycles. The SMILES string of the molecule is CCCCC(NN)C(CC)(CC)OC. The van der Waals surface area contributed by atoms with Crippen molar-refractivity contribution >= 4 is 0 Å². The molecule has 0 bridgehead atoms. The van der Waals surface area contributed by atoms with E-state index in [1.54, 1.807) is 7.11 Å². The second-order valence-corrected chi connectivity index (χ2v) is 3.84. The number of unbranched alkanes of at least 4 members (excludes halogenated alkanes) is 1. The summed E-state index contributed by atoms with van der Waals surface area (Å²) in [5.74, 6) is 5.60. The van der Waals surface area contributed by atoms with Crippen molar-refractivity contribution in [2.45, 2.75) is 64.5 Å². The van der Waals surface area contributed by atoms with Crippen LogP contribution in [0, 0.1) is 0 Å². The monoisotopic (exact) mass is 202 g/mol. The maximum Gasteiger partial charge on any atom is 0.0839 e. The molecule has 3 nitrogen and oxygen atoms in total. The first-order valence-corrected chi connectivity index (χ1v) is 5.72. The van der Waals surface area contributed by atoms with Gasteiger partial charge in [-0.05, 0) is 19.3 Å². The quantitative estimate of drug-likeness (QED) is 0.468. The van der Waals surface area contributed by atoms with E-state index in [2.05, 4.69) is 26.2 Å². The van der Waals surface area contributed by atoms with Gasteiger partial charge in [0.25, 0.3) is 0 Å². The van der Waals surface area contributed by atoms with Crippen LogP contribution in [0.5, 0.6) is 0 Å². The van der Waals surface area contributed by atoms with E-state index in [0.717, 1.165) is 19.3 Å². The maximum absolute atomic E-state index is 5.64. The van der Waals surface area contributed by atoms with Crippen molar-refractivity contribution in [3.8, 4) is 0 Å². The van der Waals surface area contributed by atoms with Gasteiger partial charge >= 0.3 is 0 Å². The number of ether oxygens (including phenoxy) is 1. The Morgan fingerprint density at radius 1 is 1.29 bits per heavy atom. The van der Waals surface area contributed by atoms with Gasteiger partial charge in [-0.15, -0.1) is 0 Å². The van der Waals surface area contributed by atoms with Gasteiger partial charge in [0.2, 0.25) is 0 Å². The largest absolute Gasteiger partial charge is 0.377 e. The maximum atomic E-state index is 5.64. The highest BCUT2D eigenvalue weighted by Gasteiger charge is 2.34. The average molecular weight is 202 g/mol. The van der Waals surface area contributed by atoms with E-state index in [0.29, 0.717) is 0 Å². The number of rotatable bonds is 8. The fourth-order valence-corrected chi connectivity index (χ4v) is 2.08. The second kappa shape index (κ2) is 7.21.